The van der Waals surface area contributed by atoms with Crippen LogP contribution in [-0.2, 0) is 0 Å². The quantitative estimate of drug-likeness (QED) is 0.562. The number of nitrogens with zero attached hydrogens (tertiary/aromatic N) is 1. The molecule has 4 rings (SSSR count). The molecule has 1 heterocycles. The highest BCUT2D eigenvalue weighted by Crippen LogP contribution is 2.22. The Hall–Kier alpha value is -3.80. The molecule has 0 atom stereocenters. The number of amides is 2. The molecular formula is C27H28N2O4. The van der Waals surface area contributed by atoms with Gasteiger partial charge in [-0.05, 0) is 80.4 Å². The molecule has 170 valence electrons. The molecule has 0 bridgehead atoms. The zero-order valence-corrected chi connectivity index (χ0v) is 18.7. The van der Waals surface area contributed by atoms with Crippen molar-refractivity contribution in [1.82, 2.24) is 10.2 Å². The van der Waals surface area contributed by atoms with Crippen LogP contribution >= 0.6 is 0 Å². The van der Waals surface area contributed by atoms with Crippen molar-refractivity contribution in [2.24, 2.45) is 0 Å². The summed E-state index contributed by atoms with van der Waals surface area (Å²) in [5.41, 5.74) is 1.24. The predicted molar refractivity (Wildman–Crippen MR) is 127 cm³/mol. The minimum Gasteiger partial charge on any atom is -0.494 e. The van der Waals surface area contributed by atoms with Crippen LogP contribution in [0.1, 0.15) is 40.5 Å². The molecule has 1 aliphatic heterocycles. The van der Waals surface area contributed by atoms with Crippen LogP contribution in [0.4, 0.5) is 0 Å². The fourth-order valence-electron chi connectivity index (χ4n) is 3.84. The summed E-state index contributed by atoms with van der Waals surface area (Å²) < 4.78 is 11.2. The number of rotatable bonds is 7. The molecule has 6 heteroatoms. The largest absolute Gasteiger partial charge is 0.494 e. The van der Waals surface area contributed by atoms with Gasteiger partial charge in [-0.1, -0.05) is 18.2 Å². The topological polar surface area (TPSA) is 67.9 Å². The van der Waals surface area contributed by atoms with E-state index in [-0.39, 0.29) is 17.9 Å². The molecule has 33 heavy (non-hydrogen) atoms. The number of para-hydroxylation sites is 1. The summed E-state index contributed by atoms with van der Waals surface area (Å²) in [5, 5.41) is 3.09. The summed E-state index contributed by atoms with van der Waals surface area (Å²) >= 11 is 0. The van der Waals surface area contributed by atoms with Crippen LogP contribution < -0.4 is 14.8 Å². The van der Waals surface area contributed by atoms with Crippen molar-refractivity contribution >= 4 is 11.8 Å². The van der Waals surface area contributed by atoms with Crippen molar-refractivity contribution in [3.05, 3.63) is 90.0 Å². The van der Waals surface area contributed by atoms with Crippen molar-refractivity contribution in [2.45, 2.75) is 25.8 Å². The second-order valence-corrected chi connectivity index (χ2v) is 7.94. The molecular weight excluding hydrogens is 416 g/mol. The smallest absolute Gasteiger partial charge is 0.253 e. The Bertz CT molecular complexity index is 1060. The van der Waals surface area contributed by atoms with Gasteiger partial charge in [0, 0.05) is 30.3 Å². The minimum absolute atomic E-state index is 0.0110. The zero-order valence-electron chi connectivity index (χ0n) is 18.7. The van der Waals surface area contributed by atoms with Crippen molar-refractivity contribution in [1.29, 1.82) is 0 Å². The van der Waals surface area contributed by atoms with E-state index in [1.54, 1.807) is 36.4 Å². The maximum atomic E-state index is 12.8. The fraction of sp³-hybridized carbons (Fsp3) is 0.259. The molecule has 2 amide bonds. The number of ether oxygens (including phenoxy) is 2. The van der Waals surface area contributed by atoms with Gasteiger partial charge in [-0.2, -0.15) is 0 Å². The molecule has 6 nitrogen and oxygen atoms in total. The van der Waals surface area contributed by atoms with E-state index in [1.165, 1.54) is 0 Å². The van der Waals surface area contributed by atoms with Crippen molar-refractivity contribution in [3.8, 4) is 17.2 Å². The van der Waals surface area contributed by atoms with E-state index in [0.29, 0.717) is 36.6 Å². The van der Waals surface area contributed by atoms with Crippen molar-refractivity contribution < 1.29 is 19.1 Å². The van der Waals surface area contributed by atoms with Gasteiger partial charge in [-0.25, -0.2) is 0 Å². The first-order chi connectivity index (χ1) is 16.1. The van der Waals surface area contributed by atoms with Crippen LogP contribution in [0.5, 0.6) is 17.2 Å². The van der Waals surface area contributed by atoms with Crippen LogP contribution in [0, 0.1) is 0 Å². The second-order valence-electron chi connectivity index (χ2n) is 7.94. The Labute approximate surface area is 194 Å². The first-order valence-corrected chi connectivity index (χ1v) is 11.3. The minimum atomic E-state index is -0.113. The molecule has 1 fully saturated rings. The van der Waals surface area contributed by atoms with E-state index < -0.39 is 0 Å². The van der Waals surface area contributed by atoms with Gasteiger partial charge in [-0.15, -0.1) is 0 Å². The molecule has 1 aliphatic rings. The van der Waals surface area contributed by atoms with Crippen LogP contribution in [0.3, 0.4) is 0 Å². The van der Waals surface area contributed by atoms with E-state index in [1.807, 2.05) is 54.3 Å². The average molecular weight is 445 g/mol. The van der Waals surface area contributed by atoms with Gasteiger partial charge < -0.3 is 19.7 Å². The number of nitrogens with one attached hydrogen (secondary N) is 1. The van der Waals surface area contributed by atoms with Crippen molar-refractivity contribution in [2.75, 3.05) is 19.7 Å². The molecule has 0 unspecified atom stereocenters. The summed E-state index contributed by atoms with van der Waals surface area (Å²) in [7, 11) is 0. The van der Waals surface area contributed by atoms with Crippen LogP contribution in [0.2, 0.25) is 0 Å². The molecule has 0 saturated carbocycles. The van der Waals surface area contributed by atoms with E-state index in [0.717, 1.165) is 24.3 Å². The first kappa shape index (κ1) is 22.4. The Balaban J connectivity index is 1.26. The molecule has 0 aromatic heterocycles. The average Bonchev–Trinajstić information content (AvgIpc) is 2.86. The van der Waals surface area contributed by atoms with Crippen LogP contribution in [-0.4, -0.2) is 42.5 Å². The van der Waals surface area contributed by atoms with Crippen LogP contribution in [0.25, 0.3) is 0 Å². The van der Waals surface area contributed by atoms with E-state index in [2.05, 4.69) is 5.32 Å². The molecule has 0 spiro atoms. The van der Waals surface area contributed by atoms with E-state index in [4.69, 9.17) is 9.47 Å². The number of carbonyl (C=O) groups excluding carboxylic acids is 2. The molecule has 1 N–H and O–H groups in total. The van der Waals surface area contributed by atoms with Gasteiger partial charge in [0.25, 0.3) is 11.8 Å². The maximum Gasteiger partial charge on any atom is 0.253 e. The number of benzene rings is 3. The van der Waals surface area contributed by atoms with Gasteiger partial charge in [0.05, 0.1) is 6.61 Å². The van der Waals surface area contributed by atoms with Crippen molar-refractivity contribution in [3.63, 3.8) is 0 Å². The summed E-state index contributed by atoms with van der Waals surface area (Å²) in [6.07, 6.45) is 1.45. The van der Waals surface area contributed by atoms with E-state index >= 15 is 0 Å². The SMILES string of the molecule is CCOc1ccc(C(=O)N2CCC(NC(=O)c3ccc(Oc4ccccc4)cc3)CC2)cc1. The fourth-order valence-corrected chi connectivity index (χ4v) is 3.84. The lowest BCUT2D eigenvalue weighted by Gasteiger charge is -2.32. The standard InChI is InChI=1S/C27H28N2O4/c1-2-32-23-12-10-21(11-13-23)27(31)29-18-16-22(17-19-29)28-26(30)20-8-14-25(15-9-20)33-24-6-4-3-5-7-24/h3-15,22H,2,16-19H2,1H3,(H,28,30). The zero-order chi connectivity index (χ0) is 23.0. The van der Waals surface area contributed by atoms with Gasteiger partial charge in [0.15, 0.2) is 0 Å². The van der Waals surface area contributed by atoms with Gasteiger partial charge >= 0.3 is 0 Å². The monoisotopic (exact) mass is 444 g/mol. The normalized spacial score (nSPS) is 13.9. The highest BCUT2D eigenvalue weighted by Gasteiger charge is 2.25. The number of carbonyl (C=O) groups is 2. The Morgan fingerprint density at radius 1 is 0.818 bits per heavy atom. The Kier molecular flexibility index (Phi) is 7.25. The first-order valence-electron chi connectivity index (χ1n) is 11.3. The Morgan fingerprint density at radius 2 is 1.39 bits per heavy atom. The highest BCUT2D eigenvalue weighted by molar-refractivity contribution is 5.95. The number of hydrogen-bond acceptors (Lipinski definition) is 4. The molecule has 1 saturated heterocycles. The summed E-state index contributed by atoms with van der Waals surface area (Å²) in [6, 6.07) is 23.9. The molecule has 0 radical (unpaired) electrons. The lowest BCUT2D eigenvalue weighted by molar-refractivity contribution is 0.0698. The summed E-state index contributed by atoms with van der Waals surface area (Å²) in [4.78, 5) is 27.3. The third kappa shape index (κ3) is 5.92. The molecule has 0 aliphatic carbocycles. The van der Waals surface area contributed by atoms with Gasteiger partial charge in [0.1, 0.15) is 17.2 Å². The summed E-state index contributed by atoms with van der Waals surface area (Å²) in [5.74, 6) is 2.09. The number of likely N-dealkylation sites (tertiary alicyclic amines) is 1. The second kappa shape index (κ2) is 10.7. The lowest BCUT2D eigenvalue weighted by atomic mass is 10.0. The molecule has 3 aromatic carbocycles. The lowest BCUT2D eigenvalue weighted by Crippen LogP contribution is -2.46. The number of piperidine rings is 1. The predicted octanol–water partition coefficient (Wildman–Crippen LogP) is 4.91. The third-order valence-corrected chi connectivity index (χ3v) is 5.63. The maximum absolute atomic E-state index is 12.8. The Morgan fingerprint density at radius 3 is 2.03 bits per heavy atom. The van der Waals surface area contributed by atoms with Crippen LogP contribution in [0.15, 0.2) is 78.9 Å². The molecule has 3 aromatic rings. The van der Waals surface area contributed by atoms with Gasteiger partial charge in [0.2, 0.25) is 0 Å². The van der Waals surface area contributed by atoms with E-state index in [9.17, 15) is 9.59 Å². The highest BCUT2D eigenvalue weighted by atomic mass is 16.5. The summed E-state index contributed by atoms with van der Waals surface area (Å²) in [6.45, 7) is 3.75. The number of hydrogen-bond donors (Lipinski definition) is 1. The van der Waals surface area contributed by atoms with Gasteiger partial charge in [-0.3, -0.25) is 9.59 Å². The third-order valence-electron chi connectivity index (χ3n) is 5.63.